The third kappa shape index (κ3) is 1.27. The average Bonchev–Trinajstić information content (AvgIpc) is 2.59. The number of carbonyl (C=O) groups excluding carboxylic acids is 1. The van der Waals surface area contributed by atoms with Gasteiger partial charge in [-0.3, -0.25) is 9.78 Å². The summed E-state index contributed by atoms with van der Waals surface area (Å²) >= 11 is 3.51. The third-order valence-electron chi connectivity index (χ3n) is 4.22. The van der Waals surface area contributed by atoms with Gasteiger partial charge in [0.1, 0.15) is 5.41 Å². The number of likely N-dealkylation sites (N-methyl/N-ethyl adjacent to an activating group) is 1. The molecule has 0 unspecified atom stereocenters. The first-order chi connectivity index (χ1) is 9.13. The number of hydrogen-bond acceptors (Lipinski definition) is 3. The van der Waals surface area contributed by atoms with E-state index in [-0.39, 0.29) is 11.3 Å². The standard InChI is InChI=1S/C14H12BrN3O/c1-18-11-5-17-10-3-2-8(15)4-9(10)12(11)14(13(18)19)6-16-7-14/h2-5,16H,6-7H2,1H3. The Morgan fingerprint density at radius 3 is 2.89 bits per heavy atom. The lowest BCUT2D eigenvalue weighted by atomic mass is 9.75. The number of amides is 1. The van der Waals surface area contributed by atoms with Crippen molar-refractivity contribution in [3.63, 3.8) is 0 Å². The lowest BCUT2D eigenvalue weighted by molar-refractivity contribution is -0.124. The first-order valence-electron chi connectivity index (χ1n) is 6.21. The molecule has 2 aliphatic rings. The highest BCUT2D eigenvalue weighted by molar-refractivity contribution is 9.10. The predicted octanol–water partition coefficient (Wildman–Crippen LogP) is 1.81. The molecule has 3 heterocycles. The molecule has 0 saturated carbocycles. The Kier molecular flexibility index (Phi) is 2.13. The van der Waals surface area contributed by atoms with Crippen LogP contribution in [0, 0.1) is 0 Å². The number of carbonyl (C=O) groups is 1. The van der Waals surface area contributed by atoms with Gasteiger partial charge in [-0.05, 0) is 18.2 Å². The highest BCUT2D eigenvalue weighted by Gasteiger charge is 2.54. The Labute approximate surface area is 118 Å². The van der Waals surface area contributed by atoms with Crippen LogP contribution in [0.1, 0.15) is 5.56 Å². The van der Waals surface area contributed by atoms with E-state index < -0.39 is 0 Å². The second-order valence-corrected chi connectivity index (χ2v) is 6.15. The number of aromatic nitrogens is 1. The maximum atomic E-state index is 12.5. The zero-order valence-electron chi connectivity index (χ0n) is 10.4. The van der Waals surface area contributed by atoms with E-state index in [1.165, 1.54) is 0 Å². The summed E-state index contributed by atoms with van der Waals surface area (Å²) in [6, 6.07) is 6.03. The fourth-order valence-electron chi connectivity index (χ4n) is 3.15. The largest absolute Gasteiger partial charge is 0.314 e. The number of halogens is 1. The molecule has 0 bridgehead atoms. The van der Waals surface area contributed by atoms with Crippen molar-refractivity contribution in [3.05, 3.63) is 34.4 Å². The van der Waals surface area contributed by atoms with Crippen molar-refractivity contribution in [2.75, 3.05) is 25.0 Å². The van der Waals surface area contributed by atoms with E-state index >= 15 is 0 Å². The quantitative estimate of drug-likeness (QED) is 0.806. The molecule has 0 atom stereocenters. The Morgan fingerprint density at radius 2 is 2.21 bits per heavy atom. The van der Waals surface area contributed by atoms with E-state index in [0.29, 0.717) is 0 Å². The van der Waals surface area contributed by atoms with Crippen LogP contribution in [0.2, 0.25) is 0 Å². The lowest BCUT2D eigenvalue weighted by Crippen LogP contribution is -2.61. The number of rotatable bonds is 0. The van der Waals surface area contributed by atoms with Crippen LogP contribution in [0.25, 0.3) is 10.9 Å². The van der Waals surface area contributed by atoms with Crippen LogP contribution < -0.4 is 10.2 Å². The molecule has 2 aromatic rings. The molecule has 1 aromatic carbocycles. The Hall–Kier alpha value is -1.46. The van der Waals surface area contributed by atoms with Gasteiger partial charge in [-0.25, -0.2) is 0 Å². The summed E-state index contributed by atoms with van der Waals surface area (Å²) in [6.45, 7) is 1.43. The van der Waals surface area contributed by atoms with Crippen molar-refractivity contribution in [2.45, 2.75) is 5.41 Å². The van der Waals surface area contributed by atoms with Crippen LogP contribution in [0.15, 0.2) is 28.9 Å². The zero-order chi connectivity index (χ0) is 13.2. The Bertz CT molecular complexity index is 724. The molecule has 1 spiro atoms. The van der Waals surface area contributed by atoms with Crippen molar-refractivity contribution in [1.82, 2.24) is 10.3 Å². The molecule has 1 N–H and O–H groups in total. The summed E-state index contributed by atoms with van der Waals surface area (Å²) in [5.41, 5.74) is 2.63. The molecule has 96 valence electrons. The van der Waals surface area contributed by atoms with E-state index in [2.05, 4.69) is 32.3 Å². The summed E-state index contributed by atoms with van der Waals surface area (Å²) in [5, 5.41) is 4.31. The third-order valence-corrected chi connectivity index (χ3v) is 4.71. The topological polar surface area (TPSA) is 45.2 Å². The highest BCUT2D eigenvalue weighted by atomic mass is 79.9. The van der Waals surface area contributed by atoms with Crippen LogP contribution in [0.4, 0.5) is 5.69 Å². The molecule has 1 fully saturated rings. The summed E-state index contributed by atoms with van der Waals surface area (Å²) in [7, 11) is 1.83. The fourth-order valence-corrected chi connectivity index (χ4v) is 3.51. The number of nitrogens with zero attached hydrogens (tertiary/aromatic N) is 2. The van der Waals surface area contributed by atoms with E-state index in [1.54, 1.807) is 4.90 Å². The van der Waals surface area contributed by atoms with Crippen LogP contribution in [0.3, 0.4) is 0 Å². The van der Waals surface area contributed by atoms with Crippen molar-refractivity contribution >= 4 is 38.4 Å². The molecule has 4 rings (SSSR count). The van der Waals surface area contributed by atoms with E-state index in [1.807, 2.05) is 25.4 Å². The Balaban J connectivity index is 2.12. The molecule has 2 aliphatic heterocycles. The number of anilines is 1. The van der Waals surface area contributed by atoms with Gasteiger partial charge < -0.3 is 10.2 Å². The zero-order valence-corrected chi connectivity index (χ0v) is 12.0. The molecule has 19 heavy (non-hydrogen) atoms. The fraction of sp³-hybridized carbons (Fsp3) is 0.286. The van der Waals surface area contributed by atoms with Gasteiger partial charge >= 0.3 is 0 Å². The summed E-state index contributed by atoms with van der Waals surface area (Å²) < 4.78 is 1.01. The molecule has 4 nitrogen and oxygen atoms in total. The van der Waals surface area contributed by atoms with Crippen molar-refractivity contribution in [2.24, 2.45) is 0 Å². The second kappa shape index (κ2) is 3.55. The van der Waals surface area contributed by atoms with Crippen LogP contribution in [-0.2, 0) is 10.2 Å². The maximum absolute atomic E-state index is 12.5. The molecule has 5 heteroatoms. The van der Waals surface area contributed by atoms with Gasteiger partial charge in [0.15, 0.2) is 0 Å². The van der Waals surface area contributed by atoms with Gasteiger partial charge in [0.05, 0.1) is 17.4 Å². The van der Waals surface area contributed by atoms with Crippen molar-refractivity contribution in [3.8, 4) is 0 Å². The predicted molar refractivity (Wildman–Crippen MR) is 77.4 cm³/mol. The molecule has 0 aliphatic carbocycles. The number of fused-ring (bicyclic) bond motifs is 4. The van der Waals surface area contributed by atoms with Crippen LogP contribution in [-0.4, -0.2) is 31.0 Å². The van der Waals surface area contributed by atoms with Gasteiger partial charge in [0.25, 0.3) is 0 Å². The molecular formula is C14H12BrN3O. The highest BCUT2D eigenvalue weighted by Crippen LogP contribution is 2.46. The molecule has 1 aromatic heterocycles. The van der Waals surface area contributed by atoms with Crippen molar-refractivity contribution in [1.29, 1.82) is 0 Å². The average molecular weight is 318 g/mol. The van der Waals surface area contributed by atoms with Crippen LogP contribution >= 0.6 is 15.9 Å². The number of pyridine rings is 1. The molecule has 1 saturated heterocycles. The second-order valence-electron chi connectivity index (χ2n) is 5.23. The Morgan fingerprint density at radius 1 is 1.42 bits per heavy atom. The first kappa shape index (κ1) is 11.4. The normalized spacial score (nSPS) is 19.9. The van der Waals surface area contributed by atoms with Crippen LogP contribution in [0.5, 0.6) is 0 Å². The van der Waals surface area contributed by atoms with Crippen molar-refractivity contribution < 1.29 is 4.79 Å². The van der Waals surface area contributed by atoms with E-state index in [4.69, 9.17) is 0 Å². The maximum Gasteiger partial charge on any atom is 0.240 e. The van der Waals surface area contributed by atoms with E-state index in [0.717, 1.165) is 39.7 Å². The minimum Gasteiger partial charge on any atom is -0.314 e. The van der Waals surface area contributed by atoms with Gasteiger partial charge in [-0.2, -0.15) is 0 Å². The lowest BCUT2D eigenvalue weighted by Gasteiger charge is -2.38. The minimum absolute atomic E-state index is 0.176. The minimum atomic E-state index is -0.383. The summed E-state index contributed by atoms with van der Waals surface area (Å²) in [4.78, 5) is 18.7. The molecule has 1 amide bonds. The number of hydrogen-bond donors (Lipinski definition) is 1. The molecule has 0 radical (unpaired) electrons. The van der Waals surface area contributed by atoms with Gasteiger partial charge in [-0.15, -0.1) is 0 Å². The van der Waals surface area contributed by atoms with Gasteiger partial charge in [0, 0.05) is 35.6 Å². The number of nitrogens with one attached hydrogen (secondary N) is 1. The van der Waals surface area contributed by atoms with Gasteiger partial charge in [0.2, 0.25) is 5.91 Å². The number of benzene rings is 1. The smallest absolute Gasteiger partial charge is 0.240 e. The monoisotopic (exact) mass is 317 g/mol. The van der Waals surface area contributed by atoms with Gasteiger partial charge in [-0.1, -0.05) is 15.9 Å². The van der Waals surface area contributed by atoms with E-state index in [9.17, 15) is 4.79 Å². The first-order valence-corrected chi connectivity index (χ1v) is 7.00. The summed E-state index contributed by atoms with van der Waals surface area (Å²) in [5.74, 6) is 0.176. The molecular weight excluding hydrogens is 306 g/mol. The summed E-state index contributed by atoms with van der Waals surface area (Å²) in [6.07, 6.45) is 1.82. The SMILES string of the molecule is CN1C(=O)C2(CNC2)c2c1cnc1ccc(Br)cc21.